The fraction of sp³-hybridized carbons (Fsp3) is 0. The van der Waals surface area contributed by atoms with Gasteiger partial charge in [0.15, 0.2) is 23.0 Å². The van der Waals surface area contributed by atoms with Gasteiger partial charge in [0.1, 0.15) is 104 Å². The Bertz CT molecular complexity index is 6130. The zero-order chi connectivity index (χ0) is 73.7. The minimum absolute atomic E-state index is 0. The van der Waals surface area contributed by atoms with Crippen LogP contribution in [0.3, 0.4) is 0 Å². The van der Waals surface area contributed by atoms with Crippen molar-refractivity contribution in [3.63, 3.8) is 0 Å². The Balaban J connectivity index is 0.00000495. The van der Waals surface area contributed by atoms with Gasteiger partial charge in [0.05, 0.1) is 61.9 Å². The Hall–Kier alpha value is -2.54. The summed E-state index contributed by atoms with van der Waals surface area (Å²) in [5.74, 6) is -4.59. The van der Waals surface area contributed by atoms with E-state index in [1.165, 1.54) is 0 Å². The van der Waals surface area contributed by atoms with Gasteiger partial charge in [0.2, 0.25) is 0 Å². The molecule has 0 saturated heterocycles. The van der Waals surface area contributed by atoms with Crippen LogP contribution in [0, 0.1) is 0 Å². The fourth-order valence-electron chi connectivity index (χ4n) is 9.69. The maximum Gasteiger partial charge on any atom is 1.00 e. The minimum atomic E-state index is -5.62. The van der Waals surface area contributed by atoms with Crippen LogP contribution in [0.4, 0.5) is 56.9 Å². The number of hydrogen-bond acceptors (Lipinski definition) is 38. The van der Waals surface area contributed by atoms with E-state index in [9.17, 15) is 124 Å². The molecule has 0 aliphatic carbocycles. The van der Waals surface area contributed by atoms with Crippen molar-refractivity contribution in [1.82, 2.24) is 0 Å². The summed E-state index contributed by atoms with van der Waals surface area (Å²) in [7, 11) is -44.1. The van der Waals surface area contributed by atoms with Gasteiger partial charge in [0.25, 0.3) is 0 Å². The van der Waals surface area contributed by atoms with Crippen LogP contribution in [-0.4, -0.2) is 124 Å². The van der Waals surface area contributed by atoms with E-state index in [0.29, 0.717) is 60.7 Å². The van der Waals surface area contributed by atoms with E-state index >= 15 is 0 Å². The predicted octanol–water partition coefficient (Wildman–Crippen LogP) is -16.6. The molecule has 0 atom stereocenters. The molecule has 0 saturated carbocycles. The van der Waals surface area contributed by atoms with Gasteiger partial charge < -0.3 is 68.3 Å². The molecule has 0 aliphatic rings. The van der Waals surface area contributed by atoms with Crippen molar-refractivity contribution in [2.24, 2.45) is 40.9 Å². The summed E-state index contributed by atoms with van der Waals surface area (Å²) in [5.41, 5.74) is 3.04. The van der Waals surface area contributed by atoms with Crippen LogP contribution < -0.4 is 248 Å². The number of aromatic hydroxyl groups is 4. The molecule has 0 bridgehead atoms. The van der Waals surface area contributed by atoms with Gasteiger partial charge in [-0.25, -0.2) is 67.3 Å². The second-order valence-corrected chi connectivity index (χ2v) is 31.4. The van der Waals surface area contributed by atoms with E-state index in [-0.39, 0.29) is 259 Å². The van der Waals surface area contributed by atoms with E-state index in [2.05, 4.69) is 40.9 Å². The first-order valence-corrected chi connectivity index (χ1v) is 37.4. The van der Waals surface area contributed by atoms with Crippen LogP contribution in [-0.2, 0) is 80.9 Å². The summed E-state index contributed by atoms with van der Waals surface area (Å²) in [6.45, 7) is 0. The number of phenols is 4. The van der Waals surface area contributed by atoms with Crippen LogP contribution in [0.2, 0.25) is 0 Å². The summed E-state index contributed by atoms with van der Waals surface area (Å²) >= 11 is 0. The van der Waals surface area contributed by atoms with E-state index in [0.717, 1.165) is 72.8 Å². The van der Waals surface area contributed by atoms with E-state index in [4.69, 9.17) is 11.5 Å². The van der Waals surface area contributed by atoms with Crippen molar-refractivity contribution in [2.75, 3.05) is 11.5 Å². The molecule has 8 N–H and O–H groups in total. The molecule has 0 spiro atoms. The standard InChI is InChI=1S/C54H38N10O28S8.8Na/c55-37-21-33(93(69,70)71)11-27-15-43(99(87,88)89)49(53(67)45(27)37)63-57-29-9-5-25-13-41(97(81,82)83)47(51(65)35(25)17-29)61-59-31-7-3-23(39(19-31)95(75,76)77)1-2-24-4-8-32(20-40(24)96(78,79)80)60-62-48-42(98(84,85)86)14-26-6-10-30(18-36(26)52(48)66)58-64-50-44(100(90,91)92)16-28-12-34(94(72,73)74)22-38(56)46(28)54(50)68;;;;;;;;/h1-22,65-68H,55-56H2,(H,69,70,71)(H,72,73,74)(H,75,76,77)(H,78,79,80)(H,81,82,83)(H,84,85,86)(H,87,88,89)(H,90,91,92);;;;;;;;/q;8*+1/p-8. The van der Waals surface area contributed by atoms with Crippen LogP contribution in [0.15, 0.2) is 201 Å². The molecule has 0 aromatic heterocycles. The number of anilines is 2. The molecule has 54 heteroatoms. The molecule has 0 fully saturated rings. The van der Waals surface area contributed by atoms with E-state index in [1.807, 2.05) is 0 Å². The van der Waals surface area contributed by atoms with Gasteiger partial charge in [-0.2, -0.15) is 20.5 Å². The van der Waals surface area contributed by atoms with Crippen molar-refractivity contribution in [3.8, 4) is 23.0 Å². The van der Waals surface area contributed by atoms with Crippen molar-refractivity contribution in [3.05, 3.63) is 132 Å². The van der Waals surface area contributed by atoms with Gasteiger partial charge in [-0.15, -0.1) is 20.5 Å². The van der Waals surface area contributed by atoms with Crippen molar-refractivity contribution in [2.45, 2.75) is 39.2 Å². The average molecular weight is 1710 g/mol. The Morgan fingerprint density at radius 2 is 0.509 bits per heavy atom. The largest absolute Gasteiger partial charge is 1.00 e. The first-order chi connectivity index (χ1) is 46.1. The number of nitrogen functional groups attached to an aromatic ring is 2. The fourth-order valence-corrected chi connectivity index (χ4v) is 14.7. The van der Waals surface area contributed by atoms with Crippen LogP contribution >= 0.6 is 0 Å². The Morgan fingerprint density at radius 1 is 0.269 bits per heavy atom. The summed E-state index contributed by atoms with van der Waals surface area (Å²) in [6, 6.07) is 15.6. The quantitative estimate of drug-likeness (QED) is 0.0153. The van der Waals surface area contributed by atoms with Gasteiger partial charge >= 0.3 is 236 Å². The average Bonchev–Trinajstić information content (AvgIpc) is 0.758. The third-order valence-electron chi connectivity index (χ3n) is 14.1. The third kappa shape index (κ3) is 22.8. The first kappa shape index (κ1) is 102. The molecule has 0 unspecified atom stereocenters. The molecular formula is C54H30N10Na8O28S8. The first-order valence-electron chi connectivity index (χ1n) is 26.2. The molecule has 108 heavy (non-hydrogen) atoms. The number of hydrogen-bond donors (Lipinski definition) is 6. The molecule has 0 heterocycles. The molecule has 520 valence electrons. The molecule has 0 aliphatic heterocycles. The molecule has 0 radical (unpaired) electrons. The molecule has 10 rings (SSSR count). The number of nitrogens with zero attached hydrogens (tertiary/aromatic N) is 8. The number of phenolic OH excluding ortho intramolecular Hbond substituents is 4. The van der Waals surface area contributed by atoms with E-state index in [1.54, 1.807) is 0 Å². The van der Waals surface area contributed by atoms with Crippen LogP contribution in [0.5, 0.6) is 23.0 Å². The molecule has 38 nitrogen and oxygen atoms in total. The van der Waals surface area contributed by atoms with Crippen molar-refractivity contribution >= 4 is 193 Å². The second-order valence-electron chi connectivity index (χ2n) is 20.5. The van der Waals surface area contributed by atoms with Crippen molar-refractivity contribution in [1.29, 1.82) is 0 Å². The molecule has 10 aromatic rings. The van der Waals surface area contributed by atoms with Gasteiger partial charge in [0, 0.05) is 32.9 Å². The molecule has 10 aromatic carbocycles. The monoisotopic (exact) mass is 1710 g/mol. The molecule has 0 amide bonds. The normalized spacial score (nSPS) is 12.5. The second kappa shape index (κ2) is 38.0. The minimum Gasteiger partial charge on any atom is -0.744 e. The van der Waals surface area contributed by atoms with Gasteiger partial charge in [-0.1, -0.05) is 36.4 Å². The Morgan fingerprint density at radius 3 is 0.769 bits per heavy atom. The number of azo groups is 4. The summed E-state index contributed by atoms with van der Waals surface area (Å²) in [4.78, 5) is -9.32. The van der Waals surface area contributed by atoms with Gasteiger partial charge in [-0.3, -0.25) is 0 Å². The number of nitrogens with two attached hydrogens (primary N) is 2. The molecular weight excluding hydrogens is 1680 g/mol. The number of benzene rings is 10. The number of fused-ring (bicyclic) bond motifs is 4. The smallest absolute Gasteiger partial charge is 0.744 e. The van der Waals surface area contributed by atoms with E-state index < -0.39 is 232 Å². The third-order valence-corrected chi connectivity index (χ3v) is 20.9. The topological polar surface area (TPSA) is 689 Å². The number of rotatable bonds is 18. The van der Waals surface area contributed by atoms with Crippen LogP contribution in [0.25, 0.3) is 55.2 Å². The maximum absolute atomic E-state index is 12.7. The zero-order valence-corrected chi connectivity index (χ0v) is 78.8. The summed E-state index contributed by atoms with van der Waals surface area (Å²) < 4.78 is 295. The maximum atomic E-state index is 12.7. The Labute approximate surface area is 787 Å². The predicted molar refractivity (Wildman–Crippen MR) is 333 cm³/mol. The van der Waals surface area contributed by atoms with Gasteiger partial charge in [-0.05, 0) is 130 Å². The summed E-state index contributed by atoms with van der Waals surface area (Å²) in [6.07, 6.45) is 1.58. The summed E-state index contributed by atoms with van der Waals surface area (Å²) in [5, 5.41) is 71.1. The Kier molecular flexibility index (Phi) is 35.8. The zero-order valence-electron chi connectivity index (χ0n) is 56.3. The van der Waals surface area contributed by atoms with Crippen molar-refractivity contribution < 1.29 is 361 Å². The van der Waals surface area contributed by atoms with Crippen LogP contribution in [0.1, 0.15) is 11.1 Å². The SMILES string of the molecule is Nc1cc(S(=O)(=O)[O-])cc2cc(S(=O)(=O)[O-])c(N=Nc3ccc4cc(S(=O)(=O)[O-])c(N=Nc5ccc(C=Cc6ccc(N=Nc7c(S(=O)(=O)[O-])cc8ccc(N=Nc9c(S(=O)(=O)[O-])cc%10cc(S(=O)(=O)[O-])cc(N)c%10c9O)cc8c7O)cc6S(=O)(=O)[O-])c(S(=O)(=O)[O-])c5)c(O)c4c3)c(O)c12.[Na+].[Na+].[Na+].[Na+].[Na+].[Na+].[Na+].[Na+].